The van der Waals surface area contributed by atoms with Crippen LogP contribution >= 0.6 is 0 Å². The molecule has 1 aromatic heterocycles. The van der Waals surface area contributed by atoms with Gasteiger partial charge in [0.25, 0.3) is 11.8 Å². The van der Waals surface area contributed by atoms with Crippen molar-refractivity contribution in [3.63, 3.8) is 0 Å². The third-order valence-corrected chi connectivity index (χ3v) is 7.26. The number of hydrogen-bond acceptors (Lipinski definition) is 5. The summed E-state index contributed by atoms with van der Waals surface area (Å²) in [5, 5.41) is 12.5. The summed E-state index contributed by atoms with van der Waals surface area (Å²) in [5.74, 6) is 0.778. The highest BCUT2D eigenvalue weighted by atomic mass is 16.2. The molecule has 1 fully saturated rings. The quantitative estimate of drug-likeness (QED) is 0.208. The first kappa shape index (κ1) is 26.1. The lowest BCUT2D eigenvalue weighted by Gasteiger charge is -2.32. The van der Waals surface area contributed by atoms with Crippen LogP contribution < -0.4 is 16.5 Å². The first-order valence-corrected chi connectivity index (χ1v) is 13.2. The number of carbonyl (C=O) groups is 2. The molecule has 0 atom stereocenters. The lowest BCUT2D eigenvalue weighted by molar-refractivity contribution is 0.0702. The van der Waals surface area contributed by atoms with Gasteiger partial charge >= 0.3 is 0 Å². The zero-order valence-corrected chi connectivity index (χ0v) is 22.0. The van der Waals surface area contributed by atoms with Crippen LogP contribution in [0.3, 0.4) is 0 Å². The number of amides is 2. The number of fused-ring (bicyclic) bond motifs is 1. The number of nitrogens with one attached hydrogen (secondary N) is 3. The fourth-order valence-electron chi connectivity index (χ4n) is 4.92. The summed E-state index contributed by atoms with van der Waals surface area (Å²) >= 11 is 0. The minimum atomic E-state index is -0.165. The van der Waals surface area contributed by atoms with Crippen molar-refractivity contribution >= 4 is 28.7 Å². The second-order valence-corrected chi connectivity index (χ2v) is 9.94. The van der Waals surface area contributed by atoms with Crippen LogP contribution in [-0.4, -0.2) is 51.3 Å². The normalized spacial score (nSPS) is 14.3. The molecule has 0 bridgehead atoms. The van der Waals surface area contributed by atoms with Gasteiger partial charge in [0.2, 0.25) is 0 Å². The van der Waals surface area contributed by atoms with E-state index in [-0.39, 0.29) is 23.7 Å². The average Bonchev–Trinajstić information content (AvgIpc) is 3.28. The molecule has 0 aliphatic carbocycles. The Morgan fingerprint density at radius 2 is 1.62 bits per heavy atom. The first-order chi connectivity index (χ1) is 18.9. The molecule has 9 heteroatoms. The average molecular weight is 524 g/mol. The maximum absolute atomic E-state index is 13.0. The number of aryl methyl sites for hydroxylation is 3. The van der Waals surface area contributed by atoms with E-state index >= 15 is 0 Å². The fraction of sp³-hybridized carbons (Fsp3) is 0.267. The predicted molar refractivity (Wildman–Crippen MR) is 152 cm³/mol. The van der Waals surface area contributed by atoms with E-state index < -0.39 is 0 Å². The van der Waals surface area contributed by atoms with Gasteiger partial charge in [-0.2, -0.15) is 0 Å². The molecule has 0 saturated carbocycles. The van der Waals surface area contributed by atoms with Gasteiger partial charge in [0.1, 0.15) is 11.7 Å². The first-order valence-electron chi connectivity index (χ1n) is 13.2. The molecule has 0 unspecified atom stereocenters. The maximum atomic E-state index is 13.0. The van der Waals surface area contributed by atoms with Gasteiger partial charge in [-0.15, -0.1) is 0 Å². The molecule has 0 radical (unpaired) electrons. The van der Waals surface area contributed by atoms with Gasteiger partial charge < -0.3 is 15.6 Å². The number of imidazole rings is 1. The van der Waals surface area contributed by atoms with Crippen molar-refractivity contribution in [2.75, 3.05) is 13.1 Å². The number of hydrogen-bond donors (Lipinski definition) is 4. The zero-order valence-electron chi connectivity index (χ0n) is 22.0. The van der Waals surface area contributed by atoms with E-state index in [9.17, 15) is 9.59 Å². The minimum absolute atomic E-state index is 0.0630. The molecule has 5 N–H and O–H groups in total. The summed E-state index contributed by atoms with van der Waals surface area (Å²) in [6, 6.07) is 22.6. The summed E-state index contributed by atoms with van der Waals surface area (Å²) in [5.41, 5.74) is 13.4. The number of nitrogens with two attached hydrogens (primary N) is 1. The van der Waals surface area contributed by atoms with Gasteiger partial charge in [0, 0.05) is 49.3 Å². The standard InChI is InChI=1S/C30H33N7O2/c1-36-26-13-12-23(19-25(26)34-27(36)14-9-20-7-10-21(11-8-20)28(31)32)30(39)35-37-17-15-24(16-18-37)33-29(38)22-5-3-2-4-6-22/h2-8,10-13,19,24H,9,14-18H2,1H3,(H3,31,32)(H,33,38)(H,35,39). The van der Waals surface area contributed by atoms with E-state index in [0.717, 1.165) is 48.1 Å². The molecule has 200 valence electrons. The Kier molecular flexibility index (Phi) is 7.69. The molecule has 4 aromatic rings. The molecule has 2 heterocycles. The predicted octanol–water partition coefficient (Wildman–Crippen LogP) is 3.18. The highest BCUT2D eigenvalue weighted by molar-refractivity contribution is 5.97. The van der Waals surface area contributed by atoms with Crippen LogP contribution in [0.2, 0.25) is 0 Å². The van der Waals surface area contributed by atoms with Gasteiger partial charge in [-0.05, 0) is 55.2 Å². The van der Waals surface area contributed by atoms with Crippen molar-refractivity contribution in [3.8, 4) is 0 Å². The number of nitrogens with zero attached hydrogens (tertiary/aromatic N) is 3. The van der Waals surface area contributed by atoms with Crippen molar-refractivity contribution in [2.24, 2.45) is 12.8 Å². The molecule has 1 aliphatic heterocycles. The van der Waals surface area contributed by atoms with Gasteiger partial charge in [0.15, 0.2) is 0 Å². The van der Waals surface area contributed by atoms with Crippen molar-refractivity contribution in [1.29, 1.82) is 5.41 Å². The highest BCUT2D eigenvalue weighted by Gasteiger charge is 2.23. The Bertz CT molecular complexity index is 1490. The Labute approximate surface area is 227 Å². The highest BCUT2D eigenvalue weighted by Crippen LogP contribution is 2.19. The van der Waals surface area contributed by atoms with Crippen LogP contribution in [0.1, 0.15) is 50.5 Å². The Morgan fingerprint density at radius 3 is 2.31 bits per heavy atom. The Morgan fingerprint density at radius 1 is 0.923 bits per heavy atom. The Balaban J connectivity index is 1.15. The molecular weight excluding hydrogens is 490 g/mol. The van der Waals surface area contributed by atoms with E-state index in [0.29, 0.717) is 29.8 Å². The topological polar surface area (TPSA) is 129 Å². The van der Waals surface area contributed by atoms with Crippen LogP contribution in [0.15, 0.2) is 72.8 Å². The maximum Gasteiger partial charge on any atom is 0.265 e. The van der Waals surface area contributed by atoms with Crippen molar-refractivity contribution in [3.05, 3.63) is 101 Å². The molecule has 2 amide bonds. The number of carbonyl (C=O) groups excluding carboxylic acids is 2. The van der Waals surface area contributed by atoms with Gasteiger partial charge in [-0.25, -0.2) is 9.99 Å². The van der Waals surface area contributed by atoms with Crippen molar-refractivity contribution in [1.82, 2.24) is 25.3 Å². The zero-order chi connectivity index (χ0) is 27.4. The summed E-state index contributed by atoms with van der Waals surface area (Å²) < 4.78 is 2.06. The number of amidine groups is 1. The van der Waals surface area contributed by atoms with Gasteiger partial charge in [0.05, 0.1) is 11.0 Å². The summed E-state index contributed by atoms with van der Waals surface area (Å²) in [7, 11) is 1.99. The van der Waals surface area contributed by atoms with E-state index in [4.69, 9.17) is 16.1 Å². The van der Waals surface area contributed by atoms with Gasteiger partial charge in [-0.1, -0.05) is 42.5 Å². The molecular formula is C30H33N7O2. The van der Waals surface area contributed by atoms with Crippen LogP contribution in [-0.2, 0) is 19.9 Å². The molecule has 1 aliphatic rings. The van der Waals surface area contributed by atoms with Crippen LogP contribution in [0.25, 0.3) is 11.0 Å². The monoisotopic (exact) mass is 523 g/mol. The number of hydrazine groups is 1. The molecule has 5 rings (SSSR count). The number of rotatable bonds is 8. The van der Waals surface area contributed by atoms with E-state index in [1.165, 1.54) is 0 Å². The molecule has 9 nitrogen and oxygen atoms in total. The number of aromatic nitrogens is 2. The summed E-state index contributed by atoms with van der Waals surface area (Å²) in [6.45, 7) is 1.32. The molecule has 39 heavy (non-hydrogen) atoms. The third-order valence-electron chi connectivity index (χ3n) is 7.26. The number of nitrogen functional groups attached to an aromatic ring is 1. The van der Waals surface area contributed by atoms with Gasteiger partial charge in [-0.3, -0.25) is 20.4 Å². The number of piperidine rings is 1. The smallest absolute Gasteiger partial charge is 0.265 e. The lowest BCUT2D eigenvalue weighted by atomic mass is 10.1. The molecule has 1 saturated heterocycles. The molecule has 0 spiro atoms. The van der Waals surface area contributed by atoms with Crippen LogP contribution in [0.5, 0.6) is 0 Å². The minimum Gasteiger partial charge on any atom is -0.384 e. The lowest BCUT2D eigenvalue weighted by Crippen LogP contribution is -2.51. The van der Waals surface area contributed by atoms with Crippen LogP contribution in [0.4, 0.5) is 0 Å². The van der Waals surface area contributed by atoms with Crippen molar-refractivity contribution in [2.45, 2.75) is 31.7 Å². The second-order valence-electron chi connectivity index (χ2n) is 9.94. The largest absolute Gasteiger partial charge is 0.384 e. The fourth-order valence-corrected chi connectivity index (χ4v) is 4.92. The van der Waals surface area contributed by atoms with Crippen LogP contribution in [0, 0.1) is 5.41 Å². The summed E-state index contributed by atoms with van der Waals surface area (Å²) in [4.78, 5) is 30.2. The van der Waals surface area contributed by atoms with E-state index in [2.05, 4.69) is 15.3 Å². The van der Waals surface area contributed by atoms with E-state index in [1.807, 2.05) is 72.7 Å². The molecule has 3 aromatic carbocycles. The van der Waals surface area contributed by atoms with E-state index in [1.54, 1.807) is 12.1 Å². The third kappa shape index (κ3) is 6.15. The van der Waals surface area contributed by atoms with Crippen molar-refractivity contribution < 1.29 is 9.59 Å². The Hall–Kier alpha value is -4.50. The summed E-state index contributed by atoms with van der Waals surface area (Å²) in [6.07, 6.45) is 3.09. The second kappa shape index (κ2) is 11.5. The number of benzene rings is 3. The SMILES string of the molecule is Cn1c(CCc2ccc(C(=N)N)cc2)nc2cc(C(=O)NN3CCC(NC(=O)c4ccccc4)CC3)ccc21.